The van der Waals surface area contributed by atoms with Crippen molar-refractivity contribution in [3.05, 3.63) is 126 Å². The molecule has 434 valence electrons. The van der Waals surface area contributed by atoms with Gasteiger partial charge in [-0.2, -0.15) is 0 Å². The first-order chi connectivity index (χ1) is 39.5. The second-order valence-electron chi connectivity index (χ2n) is 20.4. The molecule has 4 aromatic carbocycles. The van der Waals surface area contributed by atoms with Crippen molar-refractivity contribution >= 4 is 39.8 Å². The molecule has 0 bridgehead atoms. The minimum absolute atomic E-state index is 0.00617. The van der Waals surface area contributed by atoms with E-state index in [4.69, 9.17) is 28.4 Å². The predicted octanol–water partition coefficient (Wildman–Crippen LogP) is 7.81. The van der Waals surface area contributed by atoms with E-state index in [1.807, 2.05) is 61.5 Å². The number of hydrogen-bond acceptors (Lipinski definition) is 15. The average molecular weight is 1120 g/mol. The molecule has 81 heavy (non-hydrogen) atoms. The lowest BCUT2D eigenvalue weighted by atomic mass is 9.92. The Morgan fingerprint density at radius 3 is 2.30 bits per heavy atom. The lowest BCUT2D eigenvalue weighted by Crippen LogP contribution is -2.37. The molecule has 0 radical (unpaired) electrons. The highest BCUT2D eigenvalue weighted by Gasteiger charge is 2.26. The van der Waals surface area contributed by atoms with E-state index in [1.165, 1.54) is 34.3 Å². The first-order valence-corrected chi connectivity index (χ1v) is 28.3. The van der Waals surface area contributed by atoms with Gasteiger partial charge in [0, 0.05) is 54.4 Å². The smallest absolute Gasteiger partial charge is 0.241 e. The molecular formula is C61H79FN10O9. The molecule has 2 fully saturated rings. The number of aryl methyl sites for hydroxylation is 1. The molecule has 1 aliphatic carbocycles. The summed E-state index contributed by atoms with van der Waals surface area (Å²) in [6.45, 7) is 12.3. The number of nitrogens with one attached hydrogen (secondary N) is 5. The fourth-order valence-electron chi connectivity index (χ4n) is 9.94. The molecule has 3 heterocycles. The van der Waals surface area contributed by atoms with Crippen LogP contribution < -0.4 is 36.1 Å². The zero-order valence-corrected chi connectivity index (χ0v) is 47.1. The Hall–Kier alpha value is -7.09. The molecule has 8 rings (SSSR count). The summed E-state index contributed by atoms with van der Waals surface area (Å²) >= 11 is 0. The molecule has 1 aliphatic heterocycles. The number of ether oxygens (including phenoxy) is 6. The number of amides is 2. The number of aromatic nitrogens is 4. The highest BCUT2D eigenvalue weighted by atomic mass is 19.1. The normalized spacial score (nSPS) is 16.5. The Morgan fingerprint density at radius 2 is 1.57 bits per heavy atom. The van der Waals surface area contributed by atoms with Crippen LogP contribution in [0.4, 0.5) is 21.5 Å². The molecule has 1 saturated heterocycles. The number of fused-ring (bicyclic) bond motifs is 1. The number of benzene rings is 4. The summed E-state index contributed by atoms with van der Waals surface area (Å²) in [4.78, 5) is 26.8. The van der Waals surface area contributed by atoms with Crippen LogP contribution in [0.25, 0.3) is 10.9 Å². The van der Waals surface area contributed by atoms with Crippen molar-refractivity contribution in [3.63, 3.8) is 0 Å². The number of rotatable bonds is 30. The van der Waals surface area contributed by atoms with Crippen molar-refractivity contribution in [2.75, 3.05) is 95.4 Å². The van der Waals surface area contributed by atoms with Gasteiger partial charge in [0.2, 0.25) is 11.8 Å². The Labute approximate surface area is 474 Å². The molecular weight excluding hydrogens is 1040 g/mol. The van der Waals surface area contributed by atoms with E-state index in [1.54, 1.807) is 12.3 Å². The van der Waals surface area contributed by atoms with Crippen LogP contribution in [0, 0.1) is 17.7 Å². The summed E-state index contributed by atoms with van der Waals surface area (Å²) in [6.07, 6.45) is 5.27. The van der Waals surface area contributed by atoms with Crippen LogP contribution in [0.3, 0.4) is 0 Å². The lowest BCUT2D eigenvalue weighted by Gasteiger charge is -2.31. The quantitative estimate of drug-likeness (QED) is 0.0144. The van der Waals surface area contributed by atoms with Crippen LogP contribution in [-0.4, -0.2) is 139 Å². The van der Waals surface area contributed by atoms with Crippen LogP contribution in [0.15, 0.2) is 97.2 Å². The number of halogens is 1. The van der Waals surface area contributed by atoms with Gasteiger partial charge >= 0.3 is 0 Å². The molecule has 1 saturated carbocycles. The van der Waals surface area contributed by atoms with Crippen molar-refractivity contribution < 1.29 is 47.5 Å². The second kappa shape index (κ2) is 31.2. The Morgan fingerprint density at radius 1 is 0.840 bits per heavy atom. The summed E-state index contributed by atoms with van der Waals surface area (Å²) in [5.41, 5.74) is 6.06. The number of nitrogens with zero attached hydrogens (tertiary/aromatic N) is 5. The van der Waals surface area contributed by atoms with Gasteiger partial charge in [0.15, 0.2) is 5.82 Å². The summed E-state index contributed by atoms with van der Waals surface area (Å²) in [6, 6.07) is 29.2. The van der Waals surface area contributed by atoms with Crippen LogP contribution in [-0.2, 0) is 48.2 Å². The highest BCUT2D eigenvalue weighted by Crippen LogP contribution is 2.36. The van der Waals surface area contributed by atoms with Crippen LogP contribution >= 0.6 is 0 Å². The Bertz CT molecular complexity index is 2970. The zero-order valence-electron chi connectivity index (χ0n) is 47.1. The second-order valence-corrected chi connectivity index (χ2v) is 20.4. The lowest BCUT2D eigenvalue weighted by molar-refractivity contribution is -0.122. The maximum absolute atomic E-state index is 15.4. The van der Waals surface area contributed by atoms with Gasteiger partial charge in [-0.05, 0) is 139 Å². The van der Waals surface area contributed by atoms with Gasteiger partial charge in [0.1, 0.15) is 48.4 Å². The number of likely N-dealkylation sites (tertiary alicyclic amines) is 1. The third-order valence-corrected chi connectivity index (χ3v) is 14.3. The van der Waals surface area contributed by atoms with Gasteiger partial charge in [-0.25, -0.2) is 9.07 Å². The molecule has 2 amide bonds. The summed E-state index contributed by atoms with van der Waals surface area (Å²) in [7, 11) is 2.19. The van der Waals surface area contributed by atoms with E-state index >= 15 is 4.39 Å². The molecule has 0 spiro atoms. The first-order valence-electron chi connectivity index (χ1n) is 28.3. The van der Waals surface area contributed by atoms with Crippen molar-refractivity contribution in [1.82, 2.24) is 35.1 Å². The van der Waals surface area contributed by atoms with Gasteiger partial charge in [-0.1, -0.05) is 47.5 Å². The van der Waals surface area contributed by atoms with Gasteiger partial charge in [-0.15, -0.1) is 5.10 Å². The third-order valence-electron chi connectivity index (χ3n) is 14.3. The summed E-state index contributed by atoms with van der Waals surface area (Å²) in [5.74, 6) is 6.22. The monoisotopic (exact) mass is 1110 g/mol. The molecule has 20 heteroatoms. The topological polar surface area (TPSA) is 209 Å². The van der Waals surface area contributed by atoms with Crippen LogP contribution in [0.5, 0.6) is 11.5 Å². The van der Waals surface area contributed by atoms with E-state index in [2.05, 4.69) is 96.4 Å². The average Bonchev–Trinajstić information content (AvgIpc) is 4.26. The standard InChI is InChI=1S/C61H79FN10O9/c1-5-72-51(39-54-56(14-9-15-57(54)72)66-49-24-28-70(4)29-25-49)13-10-26-63-47-16-20-52(21-17-47)79-36-35-78-34-33-77-32-31-76-30-27-64-59(74)41-71-40-50(68-69-71)42-80-53-22-18-48(19-23-53)67-61(75)46-37-55(62)60(65-44(3)73)58(38-46)81-43(2)45-11-7-6-8-12-45/h6-9,11-12,14-17,20-21,37-40,43,48-49,53,61,63,66-67,75H,5,18-19,22-36,41-42H2,1-4H3,(H,64,74)(H,65,73)/t43-,48?,53?,61?/m0/s1. The summed E-state index contributed by atoms with van der Waals surface area (Å²) in [5, 5.41) is 36.4. The maximum atomic E-state index is 15.4. The van der Waals surface area contributed by atoms with Gasteiger partial charge in [0.25, 0.3) is 0 Å². The molecule has 6 aromatic rings. The summed E-state index contributed by atoms with van der Waals surface area (Å²) < 4.78 is 54.1. The van der Waals surface area contributed by atoms with E-state index in [-0.39, 0.29) is 48.2 Å². The number of aliphatic hydroxyl groups excluding tert-OH is 1. The van der Waals surface area contributed by atoms with Gasteiger partial charge in [-0.3, -0.25) is 14.9 Å². The maximum Gasteiger partial charge on any atom is 0.241 e. The fraction of sp³-hybridized carbons (Fsp3) is 0.475. The SMILES string of the molecule is CCn1c(C#CCNc2ccc(OCCOCCOCCOCCNC(=O)Cn3cc(COC4CCC(NC(O)c5cc(F)c(NC(C)=O)c(O[C@@H](C)c6ccccc6)c5)CC4)nn3)cc2)cc2c(NC3CCN(C)CC3)cccc21. The molecule has 6 N–H and O–H groups in total. The van der Waals surface area contributed by atoms with E-state index < -0.39 is 24.1 Å². The van der Waals surface area contributed by atoms with E-state index in [0.717, 1.165) is 80.9 Å². The van der Waals surface area contributed by atoms with E-state index in [0.29, 0.717) is 71.1 Å². The number of aliphatic hydroxyl groups is 1. The Kier molecular flexibility index (Phi) is 23.1. The fourth-order valence-corrected chi connectivity index (χ4v) is 9.94. The molecule has 2 atom stereocenters. The number of carbonyl (C=O) groups excluding carboxylic acids is 2. The first kappa shape index (κ1) is 60.0. The largest absolute Gasteiger partial charge is 0.491 e. The van der Waals surface area contributed by atoms with Crippen LogP contribution in [0.1, 0.15) is 94.1 Å². The Balaban J connectivity index is 0.617. The minimum atomic E-state index is -1.17. The van der Waals surface area contributed by atoms with Crippen molar-refractivity contribution in [3.8, 4) is 23.3 Å². The number of hydrogen-bond donors (Lipinski definition) is 6. The third kappa shape index (κ3) is 18.7. The predicted molar refractivity (Wildman–Crippen MR) is 310 cm³/mol. The van der Waals surface area contributed by atoms with Crippen molar-refractivity contribution in [2.45, 2.75) is 110 Å². The molecule has 1 unspecified atom stereocenters. The van der Waals surface area contributed by atoms with Gasteiger partial charge < -0.3 is 64.3 Å². The molecule has 2 aromatic heterocycles. The highest BCUT2D eigenvalue weighted by molar-refractivity contribution is 5.94. The van der Waals surface area contributed by atoms with Crippen LogP contribution in [0.2, 0.25) is 0 Å². The van der Waals surface area contributed by atoms with Gasteiger partial charge in [0.05, 0.1) is 76.3 Å². The molecule has 2 aliphatic rings. The minimum Gasteiger partial charge on any atom is -0.491 e. The number of piperidine rings is 1. The van der Waals surface area contributed by atoms with Crippen molar-refractivity contribution in [2.24, 2.45) is 0 Å². The zero-order chi connectivity index (χ0) is 56.8. The molecule has 19 nitrogen and oxygen atoms in total. The van der Waals surface area contributed by atoms with E-state index in [9.17, 15) is 14.7 Å². The number of anilines is 3. The number of carbonyl (C=O) groups is 2. The van der Waals surface area contributed by atoms with Crippen molar-refractivity contribution in [1.29, 1.82) is 0 Å².